The first kappa shape index (κ1) is 23.1. The second-order valence-electron chi connectivity index (χ2n) is 9.80. The van der Waals surface area contributed by atoms with Crippen LogP contribution >= 0.6 is 0 Å². The molecule has 3 aromatic heterocycles. The Morgan fingerprint density at radius 1 is 1.08 bits per heavy atom. The molecule has 5 aromatic rings. The average molecular weight is 491 g/mol. The molecule has 0 saturated carbocycles. The Kier molecular flexibility index (Phi) is 5.82. The van der Waals surface area contributed by atoms with E-state index in [1.165, 1.54) is 6.07 Å². The van der Waals surface area contributed by atoms with Crippen molar-refractivity contribution in [1.82, 2.24) is 24.6 Å². The molecule has 37 heavy (non-hydrogen) atoms. The summed E-state index contributed by atoms with van der Waals surface area (Å²) in [6, 6.07) is 19.0. The quantitative estimate of drug-likeness (QED) is 0.338. The maximum atomic E-state index is 14.8. The van der Waals surface area contributed by atoms with Crippen molar-refractivity contribution in [3.63, 3.8) is 0 Å². The SMILES string of the molecule is Cc1cc(C)n(-c2ccc(-c3ncc4c(ccn4CC4CCNC4)c3-c3ccc(C#N)c(F)c3)cc2)n1. The molecule has 0 spiro atoms. The zero-order valence-electron chi connectivity index (χ0n) is 20.9. The predicted octanol–water partition coefficient (Wildman–Crippen LogP) is 5.79. The van der Waals surface area contributed by atoms with Crippen LogP contribution in [0.25, 0.3) is 39.0 Å². The van der Waals surface area contributed by atoms with Crippen LogP contribution in [0.1, 0.15) is 23.4 Å². The predicted molar refractivity (Wildman–Crippen MR) is 143 cm³/mol. The molecule has 1 atom stereocenters. The summed E-state index contributed by atoms with van der Waals surface area (Å²) in [5.74, 6) is 0.0484. The third-order valence-corrected chi connectivity index (χ3v) is 7.22. The van der Waals surface area contributed by atoms with E-state index in [0.717, 1.165) is 70.9 Å². The molecular weight excluding hydrogens is 463 g/mol. The molecule has 184 valence electrons. The zero-order valence-corrected chi connectivity index (χ0v) is 20.9. The number of rotatable bonds is 5. The van der Waals surface area contributed by atoms with Gasteiger partial charge in [-0.2, -0.15) is 10.4 Å². The van der Waals surface area contributed by atoms with Gasteiger partial charge < -0.3 is 9.88 Å². The van der Waals surface area contributed by atoms with Gasteiger partial charge in [-0.1, -0.05) is 18.2 Å². The number of nitrogens with one attached hydrogen (secondary N) is 1. The molecule has 7 heteroatoms. The van der Waals surface area contributed by atoms with E-state index in [0.29, 0.717) is 11.5 Å². The normalized spacial score (nSPS) is 15.4. The van der Waals surface area contributed by atoms with Crippen LogP contribution in [0.4, 0.5) is 4.39 Å². The summed E-state index contributed by atoms with van der Waals surface area (Å²) in [5.41, 5.74) is 7.33. The van der Waals surface area contributed by atoms with Gasteiger partial charge in [0.05, 0.1) is 34.4 Å². The van der Waals surface area contributed by atoms with Crippen molar-refractivity contribution in [2.75, 3.05) is 13.1 Å². The zero-order chi connectivity index (χ0) is 25.5. The van der Waals surface area contributed by atoms with Crippen LogP contribution in [0.5, 0.6) is 0 Å². The fourth-order valence-corrected chi connectivity index (χ4v) is 5.39. The fraction of sp³-hybridized carbons (Fsp3) is 0.233. The fourth-order valence-electron chi connectivity index (χ4n) is 5.39. The Morgan fingerprint density at radius 2 is 1.89 bits per heavy atom. The molecule has 0 amide bonds. The topological polar surface area (TPSA) is 71.5 Å². The molecule has 2 aromatic carbocycles. The second-order valence-corrected chi connectivity index (χ2v) is 9.80. The summed E-state index contributed by atoms with van der Waals surface area (Å²) in [6.45, 7) is 6.99. The summed E-state index contributed by atoms with van der Waals surface area (Å²) in [7, 11) is 0. The van der Waals surface area contributed by atoms with Gasteiger partial charge in [-0.25, -0.2) is 9.07 Å². The lowest BCUT2D eigenvalue weighted by molar-refractivity contribution is 0.491. The van der Waals surface area contributed by atoms with E-state index in [1.54, 1.807) is 6.07 Å². The van der Waals surface area contributed by atoms with E-state index < -0.39 is 5.82 Å². The van der Waals surface area contributed by atoms with Gasteiger partial charge in [-0.3, -0.25) is 4.98 Å². The van der Waals surface area contributed by atoms with Gasteiger partial charge in [0.15, 0.2) is 0 Å². The number of benzene rings is 2. The van der Waals surface area contributed by atoms with Gasteiger partial charge in [0, 0.05) is 34.9 Å². The number of aryl methyl sites for hydroxylation is 2. The van der Waals surface area contributed by atoms with Gasteiger partial charge in [0.2, 0.25) is 0 Å². The number of fused-ring (bicyclic) bond motifs is 1. The van der Waals surface area contributed by atoms with E-state index >= 15 is 0 Å². The Bertz CT molecular complexity index is 1650. The van der Waals surface area contributed by atoms with Crippen molar-refractivity contribution in [1.29, 1.82) is 5.26 Å². The lowest BCUT2D eigenvalue weighted by atomic mass is 9.95. The first-order valence-electron chi connectivity index (χ1n) is 12.5. The highest BCUT2D eigenvalue weighted by atomic mass is 19.1. The van der Waals surface area contributed by atoms with Gasteiger partial charge in [-0.15, -0.1) is 0 Å². The smallest absolute Gasteiger partial charge is 0.141 e. The van der Waals surface area contributed by atoms with Gasteiger partial charge in [0.25, 0.3) is 0 Å². The van der Waals surface area contributed by atoms with Gasteiger partial charge in [0.1, 0.15) is 11.9 Å². The van der Waals surface area contributed by atoms with Crippen molar-refractivity contribution in [2.24, 2.45) is 5.92 Å². The molecule has 0 aliphatic carbocycles. The molecule has 1 aliphatic rings. The molecule has 1 unspecified atom stereocenters. The minimum absolute atomic E-state index is 0.0333. The Labute approximate surface area is 215 Å². The van der Waals surface area contributed by atoms with Gasteiger partial charge >= 0.3 is 0 Å². The standard InChI is InChI=1S/C30H27FN6/c1-19-13-20(2)37(35-19)25-7-5-22(6-8-25)30-29(23-3-4-24(15-32)27(31)14-23)26-10-12-36(28(26)17-34-30)18-21-9-11-33-16-21/h3-8,10,12-14,17,21,33H,9,11,16,18H2,1-2H3. The van der Waals surface area contributed by atoms with Crippen LogP contribution in [0.2, 0.25) is 0 Å². The third kappa shape index (κ3) is 4.20. The summed E-state index contributed by atoms with van der Waals surface area (Å²) in [6.07, 6.45) is 5.18. The molecule has 0 bridgehead atoms. The Hall–Kier alpha value is -4.28. The number of pyridine rings is 1. The highest BCUT2D eigenvalue weighted by Crippen LogP contribution is 2.38. The maximum Gasteiger partial charge on any atom is 0.141 e. The Balaban J connectivity index is 1.49. The molecule has 6 nitrogen and oxygen atoms in total. The summed E-state index contributed by atoms with van der Waals surface area (Å²) in [5, 5.41) is 18.3. The van der Waals surface area contributed by atoms with Crippen molar-refractivity contribution < 1.29 is 4.39 Å². The van der Waals surface area contributed by atoms with Crippen LogP contribution < -0.4 is 5.32 Å². The molecule has 1 aliphatic heterocycles. The lowest BCUT2D eigenvalue weighted by Crippen LogP contribution is -2.14. The van der Waals surface area contributed by atoms with Crippen molar-refractivity contribution in [2.45, 2.75) is 26.8 Å². The third-order valence-electron chi connectivity index (χ3n) is 7.22. The molecule has 1 fully saturated rings. The minimum Gasteiger partial charge on any atom is -0.346 e. The monoisotopic (exact) mass is 490 g/mol. The summed E-state index contributed by atoms with van der Waals surface area (Å²) in [4.78, 5) is 4.91. The van der Waals surface area contributed by atoms with Crippen LogP contribution in [-0.2, 0) is 6.54 Å². The van der Waals surface area contributed by atoms with Crippen LogP contribution in [0, 0.1) is 36.9 Å². The first-order chi connectivity index (χ1) is 18.0. The largest absolute Gasteiger partial charge is 0.346 e. The highest BCUT2D eigenvalue weighted by Gasteiger charge is 2.20. The number of aromatic nitrogens is 4. The number of nitrogens with zero attached hydrogens (tertiary/aromatic N) is 5. The second kappa shape index (κ2) is 9.30. The molecule has 0 radical (unpaired) electrons. The summed E-state index contributed by atoms with van der Waals surface area (Å²) < 4.78 is 18.9. The van der Waals surface area contributed by atoms with Crippen molar-refractivity contribution in [3.05, 3.63) is 89.8 Å². The number of hydrogen-bond acceptors (Lipinski definition) is 4. The number of hydrogen-bond donors (Lipinski definition) is 1. The van der Waals surface area contributed by atoms with Crippen LogP contribution in [-0.4, -0.2) is 32.4 Å². The molecular formula is C30H27FN6. The number of halogens is 1. The summed E-state index contributed by atoms with van der Waals surface area (Å²) >= 11 is 0. The van der Waals surface area contributed by atoms with Gasteiger partial charge in [-0.05, 0) is 81.2 Å². The van der Waals surface area contributed by atoms with E-state index in [4.69, 9.17) is 4.98 Å². The van der Waals surface area contributed by atoms with E-state index in [-0.39, 0.29) is 5.56 Å². The van der Waals surface area contributed by atoms with E-state index in [2.05, 4.69) is 27.2 Å². The maximum absolute atomic E-state index is 14.8. The highest BCUT2D eigenvalue weighted by molar-refractivity contribution is 6.01. The van der Waals surface area contributed by atoms with Crippen LogP contribution in [0.15, 0.2) is 67.0 Å². The number of nitriles is 1. The Morgan fingerprint density at radius 3 is 2.57 bits per heavy atom. The average Bonchev–Trinajstić information content (AvgIpc) is 3.64. The van der Waals surface area contributed by atoms with E-state index in [1.807, 2.05) is 67.2 Å². The van der Waals surface area contributed by atoms with Crippen LogP contribution in [0.3, 0.4) is 0 Å². The van der Waals surface area contributed by atoms with Crippen molar-refractivity contribution >= 4 is 10.9 Å². The van der Waals surface area contributed by atoms with Crippen molar-refractivity contribution in [3.8, 4) is 34.1 Å². The molecule has 6 rings (SSSR count). The molecule has 4 heterocycles. The molecule has 1 saturated heterocycles. The lowest BCUT2D eigenvalue weighted by Gasteiger charge is -2.15. The van der Waals surface area contributed by atoms with E-state index in [9.17, 15) is 9.65 Å². The molecule has 1 N–H and O–H groups in total. The minimum atomic E-state index is -0.528. The first-order valence-corrected chi connectivity index (χ1v) is 12.5.